The van der Waals surface area contributed by atoms with Crippen LogP contribution in [0.25, 0.3) is 0 Å². The normalized spacial score (nSPS) is 13.1. The lowest BCUT2D eigenvalue weighted by Gasteiger charge is -2.18. The molecule has 0 aromatic heterocycles. The largest absolute Gasteiger partial charge is 0.462 e. The molecule has 58 heavy (non-hydrogen) atoms. The molecule has 0 spiro atoms. The van der Waals surface area contributed by atoms with E-state index in [0.717, 1.165) is 109 Å². The molecule has 0 aliphatic carbocycles. The monoisotopic (exact) mass is 805 g/mol. The number of rotatable bonds is 42. The summed E-state index contributed by atoms with van der Waals surface area (Å²) in [5.74, 6) is -0.456. The van der Waals surface area contributed by atoms with Crippen molar-refractivity contribution in [2.45, 2.75) is 207 Å². The zero-order chi connectivity index (χ0) is 42.1. The van der Waals surface area contributed by atoms with E-state index in [9.17, 15) is 9.59 Å². The highest BCUT2D eigenvalue weighted by molar-refractivity contribution is 5.70. The van der Waals surface area contributed by atoms with Gasteiger partial charge < -0.3 is 14.2 Å². The molecule has 0 aliphatic heterocycles. The molecule has 0 aromatic rings. The van der Waals surface area contributed by atoms with Crippen LogP contribution in [0, 0.1) is 0 Å². The van der Waals surface area contributed by atoms with Gasteiger partial charge in [-0.05, 0) is 103 Å². The summed E-state index contributed by atoms with van der Waals surface area (Å²) in [6, 6.07) is 0. The molecule has 0 saturated carbocycles. The molecule has 0 rings (SSSR count). The number of allylic oxidation sites excluding steroid dienone is 16. The van der Waals surface area contributed by atoms with Crippen molar-refractivity contribution in [1.29, 1.82) is 0 Å². The van der Waals surface area contributed by atoms with Crippen LogP contribution in [0.4, 0.5) is 0 Å². The van der Waals surface area contributed by atoms with Gasteiger partial charge in [0, 0.05) is 19.4 Å². The van der Waals surface area contributed by atoms with Crippen molar-refractivity contribution in [2.24, 2.45) is 0 Å². The summed E-state index contributed by atoms with van der Waals surface area (Å²) in [5, 5.41) is 0. The predicted octanol–water partition coefficient (Wildman–Crippen LogP) is 15.9. The maximum atomic E-state index is 12.7. The lowest BCUT2D eigenvalue weighted by molar-refractivity contribution is -0.163. The van der Waals surface area contributed by atoms with Crippen LogP contribution in [0.5, 0.6) is 0 Å². The number of unbranched alkanes of at least 4 members (excludes halogenated alkanes) is 15. The van der Waals surface area contributed by atoms with E-state index in [-0.39, 0.29) is 25.2 Å². The van der Waals surface area contributed by atoms with Crippen LogP contribution in [0.2, 0.25) is 0 Å². The maximum Gasteiger partial charge on any atom is 0.306 e. The van der Waals surface area contributed by atoms with Gasteiger partial charge in [0.25, 0.3) is 0 Å². The molecule has 1 atom stereocenters. The van der Waals surface area contributed by atoms with Crippen LogP contribution in [0.15, 0.2) is 97.2 Å². The van der Waals surface area contributed by atoms with Crippen molar-refractivity contribution in [3.05, 3.63) is 97.2 Å². The Morgan fingerprint density at radius 3 is 1.26 bits per heavy atom. The third-order valence-corrected chi connectivity index (χ3v) is 9.58. The first-order chi connectivity index (χ1) is 28.6. The fraction of sp³-hybridized carbons (Fsp3) is 0.660. The quantitative estimate of drug-likeness (QED) is 0.0349. The van der Waals surface area contributed by atoms with Crippen LogP contribution in [0.1, 0.15) is 201 Å². The van der Waals surface area contributed by atoms with E-state index in [0.29, 0.717) is 19.4 Å². The molecule has 0 amide bonds. The van der Waals surface area contributed by atoms with Crippen molar-refractivity contribution in [3.8, 4) is 0 Å². The summed E-state index contributed by atoms with van der Waals surface area (Å²) in [5.41, 5.74) is 0. The molecule has 0 heterocycles. The molecular weight excluding hydrogens is 717 g/mol. The SMILES string of the molecule is CC/C=C\C/C=C\C/C=C\C/C=C\CCCOCC(COC(=O)CCCCCCCCC/C=C\C/C=C\C/C=C\CC)OC(=O)CCCCCCC/C=C\CCCC. The Bertz CT molecular complexity index is 1140. The standard InChI is InChI=1S/C53H88O5/c1-4-7-10-13-16-19-22-24-26-27-28-29-32-34-37-40-43-46-52(54)57-50-51(58-53(55)47-44-41-38-35-31-21-18-15-12-9-6-3)49-56-48-45-42-39-36-33-30-25-23-20-17-14-11-8-5-2/h7-8,10-11,15-20,24-26,30,36,39,51H,4-6,9,12-14,21-23,27-29,31-35,37-38,40-50H2,1-3H3/b10-7-,11-8-,18-15-,19-16-,20-17-,26-24-,30-25-,39-36-. The molecule has 5 nitrogen and oxygen atoms in total. The summed E-state index contributed by atoms with van der Waals surface area (Å²) in [6.07, 6.45) is 64.2. The third-order valence-electron chi connectivity index (χ3n) is 9.58. The Morgan fingerprint density at radius 2 is 0.776 bits per heavy atom. The fourth-order valence-electron chi connectivity index (χ4n) is 6.10. The van der Waals surface area contributed by atoms with Gasteiger partial charge in [0.1, 0.15) is 6.61 Å². The van der Waals surface area contributed by atoms with Gasteiger partial charge in [-0.1, -0.05) is 182 Å². The first kappa shape index (κ1) is 54.8. The first-order valence-corrected chi connectivity index (χ1v) is 23.8. The van der Waals surface area contributed by atoms with Gasteiger partial charge in [0.15, 0.2) is 6.10 Å². The Labute approximate surface area is 358 Å². The van der Waals surface area contributed by atoms with Gasteiger partial charge in [0.05, 0.1) is 6.61 Å². The minimum atomic E-state index is -0.576. The first-order valence-electron chi connectivity index (χ1n) is 23.8. The highest BCUT2D eigenvalue weighted by Crippen LogP contribution is 2.13. The fourth-order valence-corrected chi connectivity index (χ4v) is 6.10. The molecular formula is C53H88O5. The van der Waals surface area contributed by atoms with Crippen LogP contribution < -0.4 is 0 Å². The van der Waals surface area contributed by atoms with Crippen molar-refractivity contribution in [1.82, 2.24) is 0 Å². The zero-order valence-corrected chi connectivity index (χ0v) is 37.8. The number of carbonyl (C=O) groups is 2. The van der Waals surface area contributed by atoms with E-state index in [1.165, 1.54) is 57.8 Å². The van der Waals surface area contributed by atoms with Crippen LogP contribution >= 0.6 is 0 Å². The predicted molar refractivity (Wildman–Crippen MR) is 251 cm³/mol. The molecule has 0 saturated heterocycles. The molecule has 0 bridgehead atoms. The zero-order valence-electron chi connectivity index (χ0n) is 37.8. The van der Waals surface area contributed by atoms with Gasteiger partial charge in [-0.25, -0.2) is 0 Å². The topological polar surface area (TPSA) is 61.8 Å². The molecule has 0 aromatic carbocycles. The Kier molecular flexibility index (Phi) is 45.5. The van der Waals surface area contributed by atoms with E-state index < -0.39 is 6.10 Å². The van der Waals surface area contributed by atoms with Gasteiger partial charge in [-0.3, -0.25) is 9.59 Å². The maximum absolute atomic E-state index is 12.7. The van der Waals surface area contributed by atoms with E-state index in [1.807, 2.05) is 0 Å². The number of hydrogen-bond acceptors (Lipinski definition) is 5. The molecule has 0 N–H and O–H groups in total. The van der Waals surface area contributed by atoms with Crippen molar-refractivity contribution in [3.63, 3.8) is 0 Å². The summed E-state index contributed by atoms with van der Waals surface area (Å²) in [7, 11) is 0. The van der Waals surface area contributed by atoms with E-state index in [2.05, 4.69) is 118 Å². The summed E-state index contributed by atoms with van der Waals surface area (Å²) in [6.45, 7) is 7.40. The van der Waals surface area contributed by atoms with Crippen molar-refractivity contribution in [2.75, 3.05) is 19.8 Å². The molecule has 0 fully saturated rings. The number of carbonyl (C=O) groups excluding carboxylic acids is 2. The Hall–Kier alpha value is -3.18. The Balaban J connectivity index is 4.35. The minimum absolute atomic E-state index is 0.0499. The minimum Gasteiger partial charge on any atom is -0.462 e. The van der Waals surface area contributed by atoms with Crippen LogP contribution in [-0.4, -0.2) is 37.9 Å². The van der Waals surface area contributed by atoms with Gasteiger partial charge in [-0.2, -0.15) is 0 Å². The summed E-state index contributed by atoms with van der Waals surface area (Å²) < 4.78 is 17.3. The van der Waals surface area contributed by atoms with Gasteiger partial charge >= 0.3 is 11.9 Å². The lowest BCUT2D eigenvalue weighted by Crippen LogP contribution is -2.30. The number of esters is 2. The van der Waals surface area contributed by atoms with Gasteiger partial charge in [-0.15, -0.1) is 0 Å². The van der Waals surface area contributed by atoms with Crippen LogP contribution in [0.3, 0.4) is 0 Å². The smallest absolute Gasteiger partial charge is 0.306 e. The highest BCUT2D eigenvalue weighted by atomic mass is 16.6. The summed E-state index contributed by atoms with van der Waals surface area (Å²) >= 11 is 0. The summed E-state index contributed by atoms with van der Waals surface area (Å²) in [4.78, 5) is 25.3. The van der Waals surface area contributed by atoms with Crippen molar-refractivity contribution < 1.29 is 23.8 Å². The second kappa shape index (κ2) is 48.2. The van der Waals surface area contributed by atoms with E-state index in [1.54, 1.807) is 0 Å². The Morgan fingerprint density at radius 1 is 0.397 bits per heavy atom. The molecule has 0 radical (unpaired) electrons. The highest BCUT2D eigenvalue weighted by Gasteiger charge is 2.17. The second-order valence-electron chi connectivity index (χ2n) is 15.2. The average Bonchev–Trinajstić information content (AvgIpc) is 3.22. The molecule has 0 aliphatic rings. The number of ether oxygens (including phenoxy) is 3. The van der Waals surface area contributed by atoms with Crippen LogP contribution in [-0.2, 0) is 23.8 Å². The average molecular weight is 805 g/mol. The van der Waals surface area contributed by atoms with Gasteiger partial charge in [0.2, 0.25) is 0 Å². The molecule has 5 heteroatoms. The lowest BCUT2D eigenvalue weighted by atomic mass is 10.1. The van der Waals surface area contributed by atoms with Crippen molar-refractivity contribution >= 4 is 11.9 Å². The number of hydrogen-bond donors (Lipinski definition) is 0. The molecule has 330 valence electrons. The molecule has 1 unspecified atom stereocenters. The third kappa shape index (κ3) is 45.5. The van der Waals surface area contributed by atoms with E-state index >= 15 is 0 Å². The van der Waals surface area contributed by atoms with E-state index in [4.69, 9.17) is 14.2 Å². The second-order valence-corrected chi connectivity index (χ2v) is 15.2.